The van der Waals surface area contributed by atoms with Crippen molar-refractivity contribution in [2.24, 2.45) is 0 Å². The van der Waals surface area contributed by atoms with Gasteiger partial charge in [-0.15, -0.1) is 22.7 Å². The fourth-order valence-corrected chi connectivity index (χ4v) is 17.2. The third-order valence-corrected chi connectivity index (χ3v) is 20.5. The van der Waals surface area contributed by atoms with Gasteiger partial charge in [0, 0.05) is 30.9 Å². The SMILES string of the molecule is c1ccc(-c2c3ccccc3c(-c3ccc4c(c3)sc3c5sc6cc(-c7c8ccccc8c(-c8ccccc8-c8cccc9ccccc89)c8ccccc78)ccc6c5c5ccccc5c43)c3ccccc23)c(-c2cccc3ccccc23)c1. The number of rotatable bonds is 6. The van der Waals surface area contributed by atoms with Gasteiger partial charge >= 0.3 is 0 Å². The minimum Gasteiger partial charge on any atom is -0.134 e. The number of hydrogen-bond donors (Lipinski definition) is 0. The van der Waals surface area contributed by atoms with Crippen LogP contribution in [0, 0.1) is 0 Å². The number of hydrogen-bond acceptors (Lipinski definition) is 2. The van der Waals surface area contributed by atoms with Gasteiger partial charge in [-0.2, -0.15) is 0 Å². The maximum Gasteiger partial charge on any atom is 0.0540 e. The Balaban J connectivity index is 0.821. The van der Waals surface area contributed by atoms with Crippen LogP contribution in [0.5, 0.6) is 0 Å². The third-order valence-electron chi connectivity index (χ3n) is 18.0. The number of thiophene rings is 2. The Kier molecular flexibility index (Phi) is 10.5. The van der Waals surface area contributed by atoms with E-state index in [4.69, 9.17) is 0 Å². The van der Waals surface area contributed by atoms with Crippen LogP contribution in [-0.4, -0.2) is 0 Å². The van der Waals surface area contributed by atoms with E-state index in [1.807, 2.05) is 22.7 Å². The Morgan fingerprint density at radius 3 is 0.821 bits per heavy atom. The maximum absolute atomic E-state index is 2.49. The van der Waals surface area contributed by atoms with Gasteiger partial charge in [0.25, 0.3) is 0 Å². The van der Waals surface area contributed by atoms with Crippen LogP contribution in [-0.2, 0) is 0 Å². The van der Waals surface area contributed by atoms with Gasteiger partial charge in [0.05, 0.1) is 9.40 Å². The van der Waals surface area contributed by atoms with Crippen LogP contribution in [0.4, 0.5) is 0 Å². The zero-order valence-corrected chi connectivity index (χ0v) is 47.2. The standard InChI is InChI=1S/C82H48S2/c1-3-25-53-49(21-1)23-19-41-55(53)57-27-5-7-29-59(57)77-65-35-13-9-31-61(65)75(62-32-10-14-36-66(62)77)51-43-45-71-73(47-51)83-81-79(71)69-39-17-18-40-70(69)80-72-46-44-52(48-74(72)84-82(80)81)76-63-33-11-15-37-67(63)78(68-38-16-12-34-64(68)76)60-30-8-6-28-58(60)56-42-20-24-50-22-2-4-26-54(50)56/h1-48H. The number of benzene rings is 16. The van der Waals surface area contributed by atoms with Crippen LogP contribution >= 0.6 is 22.7 Å². The molecule has 18 aromatic rings. The van der Waals surface area contributed by atoms with Crippen molar-refractivity contribution in [2.45, 2.75) is 0 Å². The molecule has 0 aliphatic heterocycles. The van der Waals surface area contributed by atoms with Gasteiger partial charge in [-0.05, 0) is 154 Å². The van der Waals surface area contributed by atoms with E-state index in [-0.39, 0.29) is 0 Å². The first-order valence-electron chi connectivity index (χ1n) is 29.0. The van der Waals surface area contributed by atoms with Crippen molar-refractivity contribution in [2.75, 3.05) is 0 Å². The number of fused-ring (bicyclic) bond motifs is 16. The van der Waals surface area contributed by atoms with Crippen molar-refractivity contribution in [3.63, 3.8) is 0 Å². The van der Waals surface area contributed by atoms with Gasteiger partial charge in [-0.1, -0.05) is 279 Å². The summed E-state index contributed by atoms with van der Waals surface area (Å²) in [7, 11) is 0. The molecule has 2 heteroatoms. The molecule has 2 aromatic heterocycles. The Hall–Kier alpha value is -10.2. The Labute approximate surface area is 493 Å². The predicted octanol–water partition coefficient (Wildman–Crippen LogP) is 24.5. The maximum atomic E-state index is 2.49. The first-order valence-corrected chi connectivity index (χ1v) is 30.6. The van der Waals surface area contributed by atoms with Crippen LogP contribution in [0.25, 0.3) is 183 Å². The second kappa shape index (κ2) is 18.7. The lowest BCUT2D eigenvalue weighted by Gasteiger charge is -2.20. The van der Waals surface area contributed by atoms with Gasteiger partial charge in [0.1, 0.15) is 0 Å². The largest absolute Gasteiger partial charge is 0.134 e. The van der Waals surface area contributed by atoms with Crippen molar-refractivity contribution >= 4 is 138 Å². The lowest BCUT2D eigenvalue weighted by Crippen LogP contribution is -1.93. The van der Waals surface area contributed by atoms with Crippen LogP contribution in [0.2, 0.25) is 0 Å². The average Bonchev–Trinajstić information content (AvgIpc) is 3.85. The Morgan fingerprint density at radius 2 is 0.452 bits per heavy atom. The molecule has 0 N–H and O–H groups in total. The highest BCUT2D eigenvalue weighted by Crippen LogP contribution is 2.54. The molecule has 0 spiro atoms. The first kappa shape index (κ1) is 47.4. The van der Waals surface area contributed by atoms with Crippen LogP contribution < -0.4 is 0 Å². The summed E-state index contributed by atoms with van der Waals surface area (Å²) in [6.45, 7) is 0. The van der Waals surface area contributed by atoms with Gasteiger partial charge < -0.3 is 0 Å². The summed E-state index contributed by atoms with van der Waals surface area (Å²) in [5, 5.41) is 23.0. The molecule has 0 nitrogen and oxygen atoms in total. The summed E-state index contributed by atoms with van der Waals surface area (Å²) in [5.41, 5.74) is 15.0. The van der Waals surface area contributed by atoms with Crippen molar-refractivity contribution in [3.8, 4) is 66.8 Å². The van der Waals surface area contributed by atoms with E-state index in [0.29, 0.717) is 0 Å². The Morgan fingerprint density at radius 1 is 0.179 bits per heavy atom. The normalized spacial score (nSPS) is 12.0. The molecule has 0 atom stereocenters. The molecule has 84 heavy (non-hydrogen) atoms. The van der Waals surface area contributed by atoms with Gasteiger partial charge in [-0.25, -0.2) is 0 Å². The molecule has 0 radical (unpaired) electrons. The summed E-state index contributed by atoms with van der Waals surface area (Å²) >= 11 is 3.91. The average molecular weight is 1100 g/mol. The van der Waals surface area contributed by atoms with E-state index >= 15 is 0 Å². The predicted molar refractivity (Wildman–Crippen MR) is 367 cm³/mol. The molecule has 0 saturated carbocycles. The molecule has 0 saturated heterocycles. The summed E-state index contributed by atoms with van der Waals surface area (Å²) in [6, 6.07) is 109. The van der Waals surface area contributed by atoms with Crippen molar-refractivity contribution in [1.29, 1.82) is 0 Å². The van der Waals surface area contributed by atoms with Crippen LogP contribution in [0.3, 0.4) is 0 Å². The highest BCUT2D eigenvalue weighted by Gasteiger charge is 2.25. The fourth-order valence-electron chi connectivity index (χ4n) is 14.5. The van der Waals surface area contributed by atoms with Crippen molar-refractivity contribution < 1.29 is 0 Å². The molecule has 0 amide bonds. The lowest BCUT2D eigenvalue weighted by molar-refractivity contribution is 1.63. The molecule has 388 valence electrons. The van der Waals surface area contributed by atoms with Crippen molar-refractivity contribution in [1.82, 2.24) is 0 Å². The second-order valence-electron chi connectivity index (χ2n) is 22.4. The van der Waals surface area contributed by atoms with E-state index in [1.165, 1.54) is 183 Å². The van der Waals surface area contributed by atoms with E-state index in [9.17, 15) is 0 Å². The van der Waals surface area contributed by atoms with Crippen molar-refractivity contribution in [3.05, 3.63) is 291 Å². The summed E-state index contributed by atoms with van der Waals surface area (Å²) in [5.74, 6) is 0. The van der Waals surface area contributed by atoms with Gasteiger partial charge in [-0.3, -0.25) is 0 Å². The van der Waals surface area contributed by atoms with E-state index in [0.717, 1.165) is 0 Å². The lowest BCUT2D eigenvalue weighted by atomic mass is 9.83. The highest BCUT2D eigenvalue weighted by molar-refractivity contribution is 7.34. The quantitative estimate of drug-likeness (QED) is 0.146. The minimum atomic E-state index is 1.24. The van der Waals surface area contributed by atoms with E-state index < -0.39 is 0 Å². The zero-order valence-electron chi connectivity index (χ0n) is 45.5. The van der Waals surface area contributed by atoms with Crippen LogP contribution in [0.1, 0.15) is 0 Å². The monoisotopic (exact) mass is 1100 g/mol. The highest BCUT2D eigenvalue weighted by atomic mass is 32.1. The zero-order chi connectivity index (χ0) is 55.0. The first-order chi connectivity index (χ1) is 41.7. The minimum absolute atomic E-state index is 1.24. The molecule has 2 heterocycles. The van der Waals surface area contributed by atoms with Gasteiger partial charge in [0.15, 0.2) is 0 Å². The second-order valence-corrected chi connectivity index (χ2v) is 24.5. The topological polar surface area (TPSA) is 0 Å². The molecule has 0 aliphatic carbocycles. The summed E-state index contributed by atoms with van der Waals surface area (Å²) in [4.78, 5) is 0. The van der Waals surface area contributed by atoms with E-state index in [2.05, 4.69) is 291 Å². The molecule has 18 rings (SSSR count). The fraction of sp³-hybridized carbons (Fsp3) is 0. The molecular formula is C82H48S2. The summed E-state index contributed by atoms with van der Waals surface area (Å²) < 4.78 is 5.33. The Bertz CT molecular complexity index is 5330. The molecule has 0 aliphatic rings. The van der Waals surface area contributed by atoms with E-state index in [1.54, 1.807) is 0 Å². The smallest absolute Gasteiger partial charge is 0.0540 e. The molecule has 16 aromatic carbocycles. The van der Waals surface area contributed by atoms with Gasteiger partial charge in [0.2, 0.25) is 0 Å². The molecule has 0 bridgehead atoms. The summed E-state index contributed by atoms with van der Waals surface area (Å²) in [6.07, 6.45) is 0. The third kappa shape index (κ3) is 6.99. The molecule has 0 fully saturated rings. The molecule has 0 unspecified atom stereocenters. The molecular weight excluding hydrogens is 1050 g/mol. The van der Waals surface area contributed by atoms with Crippen LogP contribution in [0.15, 0.2) is 291 Å².